The van der Waals surface area contributed by atoms with Crippen LogP contribution in [0.4, 0.5) is 0 Å². The van der Waals surface area contributed by atoms with E-state index in [0.717, 1.165) is 18.4 Å². The maximum Gasteiger partial charge on any atom is 0.247 e. The largest absolute Gasteiger partial charge is 0.369 e. The van der Waals surface area contributed by atoms with E-state index < -0.39 is 5.54 Å². The van der Waals surface area contributed by atoms with Gasteiger partial charge in [-0.1, -0.05) is 30.3 Å². The number of carbonyl (C=O) groups excluding carboxylic acids is 2. The minimum Gasteiger partial charge on any atom is -0.369 e. The van der Waals surface area contributed by atoms with Crippen molar-refractivity contribution in [3.63, 3.8) is 0 Å². The predicted molar refractivity (Wildman–Crippen MR) is 81.1 cm³/mol. The van der Waals surface area contributed by atoms with Crippen LogP contribution in [0.25, 0.3) is 0 Å². The number of nitrogens with zero attached hydrogens (tertiary/aromatic N) is 1. The molecule has 1 heterocycles. The highest BCUT2D eigenvalue weighted by Crippen LogP contribution is 2.27. The number of piperidine rings is 1. The van der Waals surface area contributed by atoms with Crippen LogP contribution in [0.3, 0.4) is 0 Å². The van der Waals surface area contributed by atoms with Gasteiger partial charge in [0.25, 0.3) is 0 Å². The number of benzene rings is 1. The van der Waals surface area contributed by atoms with Crippen LogP contribution in [0, 0.1) is 5.92 Å². The van der Waals surface area contributed by atoms with Crippen LogP contribution in [-0.2, 0) is 15.1 Å². The molecular formula is C16H23N3O2. The summed E-state index contributed by atoms with van der Waals surface area (Å²) in [5.74, 6) is -0.790. The molecule has 0 aromatic heterocycles. The van der Waals surface area contributed by atoms with Gasteiger partial charge in [-0.2, -0.15) is 0 Å². The average molecular weight is 289 g/mol. The first-order chi connectivity index (χ1) is 9.84. The molecule has 1 aromatic carbocycles. The number of likely N-dealkylation sites (tertiary alicyclic amines) is 1. The van der Waals surface area contributed by atoms with Crippen LogP contribution in [-0.4, -0.2) is 29.3 Å². The lowest BCUT2D eigenvalue weighted by Gasteiger charge is -2.41. The molecule has 2 amide bonds. The molecule has 1 aromatic rings. The highest BCUT2D eigenvalue weighted by Gasteiger charge is 2.39. The van der Waals surface area contributed by atoms with Gasteiger partial charge in [0.15, 0.2) is 0 Å². The molecule has 4 N–H and O–H groups in total. The van der Waals surface area contributed by atoms with Gasteiger partial charge < -0.3 is 16.4 Å². The first-order valence-electron chi connectivity index (χ1n) is 7.29. The molecule has 0 saturated carbocycles. The Morgan fingerprint density at radius 3 is 2.43 bits per heavy atom. The second-order valence-electron chi connectivity index (χ2n) is 6.05. The Hall–Kier alpha value is -1.88. The molecule has 5 heteroatoms. The molecular weight excluding hydrogens is 266 g/mol. The zero-order valence-corrected chi connectivity index (χ0v) is 12.6. The Balaban J connectivity index is 2.23. The monoisotopic (exact) mass is 289 g/mol. The molecule has 0 spiro atoms. The molecule has 2 rings (SSSR count). The molecule has 1 fully saturated rings. The fraction of sp³-hybridized carbons (Fsp3) is 0.500. The van der Waals surface area contributed by atoms with Crippen LogP contribution in [0.1, 0.15) is 32.3 Å². The highest BCUT2D eigenvalue weighted by molar-refractivity contribution is 5.88. The summed E-state index contributed by atoms with van der Waals surface area (Å²) in [6.45, 7) is 4.05. The Kier molecular flexibility index (Phi) is 4.32. The number of hydrogen-bond acceptors (Lipinski definition) is 3. The van der Waals surface area contributed by atoms with Crippen molar-refractivity contribution in [3.8, 4) is 0 Å². The van der Waals surface area contributed by atoms with E-state index in [4.69, 9.17) is 11.5 Å². The van der Waals surface area contributed by atoms with Crippen molar-refractivity contribution in [1.29, 1.82) is 0 Å². The van der Waals surface area contributed by atoms with Crippen LogP contribution >= 0.6 is 0 Å². The first kappa shape index (κ1) is 15.5. The Morgan fingerprint density at radius 2 is 1.86 bits per heavy atom. The second kappa shape index (κ2) is 5.85. The summed E-state index contributed by atoms with van der Waals surface area (Å²) in [6.07, 6.45) is 1.50. The summed E-state index contributed by atoms with van der Waals surface area (Å²) in [6, 6.07) is 9.37. The van der Waals surface area contributed by atoms with E-state index in [1.165, 1.54) is 0 Å². The van der Waals surface area contributed by atoms with E-state index in [0.29, 0.717) is 6.54 Å². The molecule has 0 radical (unpaired) electrons. The quantitative estimate of drug-likeness (QED) is 0.869. The normalized spacial score (nSPS) is 25.2. The molecule has 0 aliphatic carbocycles. The van der Waals surface area contributed by atoms with E-state index in [2.05, 4.69) is 0 Å². The summed E-state index contributed by atoms with van der Waals surface area (Å²) in [5.41, 5.74) is 11.3. The standard InChI is InChI=1S/C16H23N3O2/c1-11-8-9-12(14(17)20)10-19(11)15(21)16(2,18)13-6-4-3-5-7-13/h3-7,11-12H,8-10,18H2,1-2H3,(H2,17,20). The van der Waals surface area contributed by atoms with Crippen molar-refractivity contribution in [3.05, 3.63) is 35.9 Å². The third-order valence-electron chi connectivity index (χ3n) is 4.36. The number of primary amides is 1. The lowest BCUT2D eigenvalue weighted by molar-refractivity contribution is -0.142. The summed E-state index contributed by atoms with van der Waals surface area (Å²) in [5, 5.41) is 0. The van der Waals surface area contributed by atoms with Gasteiger partial charge in [0, 0.05) is 12.6 Å². The van der Waals surface area contributed by atoms with Gasteiger partial charge in [0.1, 0.15) is 5.54 Å². The van der Waals surface area contributed by atoms with Crippen molar-refractivity contribution in [2.45, 2.75) is 38.3 Å². The molecule has 1 aliphatic heterocycles. The van der Waals surface area contributed by atoms with Crippen molar-refractivity contribution in [2.75, 3.05) is 6.54 Å². The van der Waals surface area contributed by atoms with Crippen LogP contribution < -0.4 is 11.5 Å². The van der Waals surface area contributed by atoms with Crippen LogP contribution in [0.2, 0.25) is 0 Å². The van der Waals surface area contributed by atoms with Crippen molar-refractivity contribution in [1.82, 2.24) is 4.90 Å². The van der Waals surface area contributed by atoms with E-state index in [1.807, 2.05) is 37.3 Å². The second-order valence-corrected chi connectivity index (χ2v) is 6.05. The van der Waals surface area contributed by atoms with Gasteiger partial charge >= 0.3 is 0 Å². The van der Waals surface area contributed by atoms with Crippen molar-refractivity contribution >= 4 is 11.8 Å². The lowest BCUT2D eigenvalue weighted by Crippen LogP contribution is -2.57. The molecule has 3 atom stereocenters. The third-order valence-corrected chi connectivity index (χ3v) is 4.36. The molecule has 3 unspecified atom stereocenters. The Labute approximate surface area is 125 Å². The smallest absolute Gasteiger partial charge is 0.247 e. The van der Waals surface area contributed by atoms with Gasteiger partial charge in [0.05, 0.1) is 5.92 Å². The molecule has 5 nitrogen and oxygen atoms in total. The van der Waals surface area contributed by atoms with E-state index in [-0.39, 0.29) is 23.8 Å². The van der Waals surface area contributed by atoms with Gasteiger partial charge in [0.2, 0.25) is 11.8 Å². The fourth-order valence-corrected chi connectivity index (χ4v) is 2.83. The van der Waals surface area contributed by atoms with Crippen LogP contribution in [0.15, 0.2) is 30.3 Å². The van der Waals surface area contributed by atoms with Gasteiger partial charge in [-0.15, -0.1) is 0 Å². The SMILES string of the molecule is CC1CCC(C(N)=O)CN1C(=O)C(C)(N)c1ccccc1. The Bertz CT molecular complexity index is 528. The predicted octanol–water partition coefficient (Wildman–Crippen LogP) is 0.973. The summed E-state index contributed by atoms with van der Waals surface area (Å²) in [4.78, 5) is 25.9. The first-order valence-corrected chi connectivity index (χ1v) is 7.29. The van der Waals surface area contributed by atoms with Crippen molar-refractivity contribution < 1.29 is 9.59 Å². The minimum atomic E-state index is -1.10. The zero-order chi connectivity index (χ0) is 15.6. The fourth-order valence-electron chi connectivity index (χ4n) is 2.83. The van der Waals surface area contributed by atoms with Gasteiger partial charge in [-0.3, -0.25) is 9.59 Å². The zero-order valence-electron chi connectivity index (χ0n) is 12.6. The number of nitrogens with two attached hydrogens (primary N) is 2. The maximum absolute atomic E-state index is 12.8. The van der Waals surface area contributed by atoms with E-state index in [1.54, 1.807) is 11.8 Å². The topological polar surface area (TPSA) is 89.4 Å². The molecule has 21 heavy (non-hydrogen) atoms. The van der Waals surface area contributed by atoms with Gasteiger partial charge in [-0.05, 0) is 32.3 Å². The third kappa shape index (κ3) is 3.08. The van der Waals surface area contributed by atoms with Crippen molar-refractivity contribution in [2.24, 2.45) is 17.4 Å². The van der Waals surface area contributed by atoms with E-state index >= 15 is 0 Å². The number of rotatable bonds is 3. The highest BCUT2D eigenvalue weighted by atomic mass is 16.2. The summed E-state index contributed by atoms with van der Waals surface area (Å²) in [7, 11) is 0. The number of hydrogen-bond donors (Lipinski definition) is 2. The molecule has 1 aliphatic rings. The summed E-state index contributed by atoms with van der Waals surface area (Å²) >= 11 is 0. The number of carbonyl (C=O) groups is 2. The summed E-state index contributed by atoms with van der Waals surface area (Å²) < 4.78 is 0. The van der Waals surface area contributed by atoms with Gasteiger partial charge in [-0.25, -0.2) is 0 Å². The van der Waals surface area contributed by atoms with E-state index in [9.17, 15) is 9.59 Å². The molecule has 0 bridgehead atoms. The molecule has 1 saturated heterocycles. The lowest BCUT2D eigenvalue weighted by atomic mass is 9.87. The molecule has 114 valence electrons. The number of amides is 2. The van der Waals surface area contributed by atoms with Crippen LogP contribution in [0.5, 0.6) is 0 Å². The Morgan fingerprint density at radius 1 is 1.24 bits per heavy atom. The minimum absolute atomic E-state index is 0.0692. The maximum atomic E-state index is 12.8. The average Bonchev–Trinajstić information content (AvgIpc) is 2.47.